The van der Waals surface area contributed by atoms with Gasteiger partial charge in [-0.1, -0.05) is 6.07 Å². The topological polar surface area (TPSA) is 62.1 Å². The maximum atomic E-state index is 12.6. The molecule has 1 amide bonds. The van der Waals surface area contributed by atoms with Gasteiger partial charge in [-0.2, -0.15) is 8.78 Å². The lowest BCUT2D eigenvalue weighted by Crippen LogP contribution is -2.52. The normalized spacial score (nSPS) is 16.5. The monoisotopic (exact) mass is 429 g/mol. The lowest BCUT2D eigenvalue weighted by atomic mass is 10.2. The largest absolute Gasteiger partial charge is 0.435 e. The van der Waals surface area contributed by atoms with Gasteiger partial charge in [0.25, 0.3) is 0 Å². The SMILES string of the molecule is CC(C(=O)Nc1ccc(OC(F)F)cc1)N1CCN(Cc2cn3ccccc3n2)CC1. The summed E-state index contributed by atoms with van der Waals surface area (Å²) in [5.74, 6) is -0.0703. The van der Waals surface area contributed by atoms with Crippen molar-refractivity contribution in [2.45, 2.75) is 26.1 Å². The van der Waals surface area contributed by atoms with Crippen molar-refractivity contribution < 1.29 is 18.3 Å². The maximum Gasteiger partial charge on any atom is 0.387 e. The molecule has 0 bridgehead atoms. The number of rotatable bonds is 7. The van der Waals surface area contributed by atoms with Crippen LogP contribution in [0.5, 0.6) is 5.75 Å². The summed E-state index contributed by atoms with van der Waals surface area (Å²) in [6.07, 6.45) is 4.04. The fourth-order valence-corrected chi connectivity index (χ4v) is 3.73. The van der Waals surface area contributed by atoms with Gasteiger partial charge in [-0.05, 0) is 43.3 Å². The molecule has 4 rings (SSSR count). The van der Waals surface area contributed by atoms with Crippen LogP contribution in [0.2, 0.25) is 0 Å². The second kappa shape index (κ2) is 9.40. The molecule has 1 fully saturated rings. The highest BCUT2D eigenvalue weighted by molar-refractivity contribution is 5.94. The molecule has 1 saturated heterocycles. The number of ether oxygens (including phenoxy) is 1. The number of fused-ring (bicyclic) bond motifs is 1. The standard InChI is InChI=1S/C22H25F2N5O2/c1-16(21(30)26-17-5-7-19(8-6-17)31-22(23)24)28-12-10-27(11-13-28)14-18-15-29-9-3-2-4-20(29)25-18/h2-9,15-16,22H,10-14H2,1H3,(H,26,30). The van der Waals surface area contributed by atoms with E-state index >= 15 is 0 Å². The van der Waals surface area contributed by atoms with Crippen LogP contribution in [0.25, 0.3) is 5.65 Å². The molecule has 0 saturated carbocycles. The summed E-state index contributed by atoms with van der Waals surface area (Å²) in [7, 11) is 0. The number of hydrogen-bond donors (Lipinski definition) is 1. The number of nitrogens with one attached hydrogen (secondary N) is 1. The van der Waals surface area contributed by atoms with Gasteiger partial charge in [-0.15, -0.1) is 0 Å². The number of aromatic nitrogens is 2. The number of alkyl halides is 2. The molecule has 0 aliphatic carbocycles. The molecule has 0 spiro atoms. The van der Waals surface area contributed by atoms with Crippen molar-refractivity contribution in [3.8, 4) is 5.75 Å². The molecule has 1 unspecified atom stereocenters. The minimum Gasteiger partial charge on any atom is -0.435 e. The maximum absolute atomic E-state index is 12.6. The molecule has 9 heteroatoms. The average Bonchev–Trinajstić information content (AvgIpc) is 3.17. The van der Waals surface area contributed by atoms with Crippen LogP contribution >= 0.6 is 0 Å². The Morgan fingerprint density at radius 1 is 1.13 bits per heavy atom. The third-order valence-electron chi connectivity index (χ3n) is 5.48. The molecule has 1 N–H and O–H groups in total. The van der Waals surface area contributed by atoms with Crippen molar-refractivity contribution in [2.75, 3.05) is 31.5 Å². The van der Waals surface area contributed by atoms with E-state index in [-0.39, 0.29) is 17.7 Å². The number of carbonyl (C=O) groups excluding carboxylic acids is 1. The Kier molecular flexibility index (Phi) is 6.43. The third-order valence-corrected chi connectivity index (χ3v) is 5.48. The minimum atomic E-state index is -2.87. The van der Waals surface area contributed by atoms with E-state index in [9.17, 15) is 13.6 Å². The zero-order chi connectivity index (χ0) is 21.8. The van der Waals surface area contributed by atoms with Gasteiger partial charge < -0.3 is 14.5 Å². The van der Waals surface area contributed by atoms with Crippen LogP contribution in [0.15, 0.2) is 54.9 Å². The van der Waals surface area contributed by atoms with Gasteiger partial charge in [-0.3, -0.25) is 14.6 Å². The van der Waals surface area contributed by atoms with Crippen LogP contribution in [0.1, 0.15) is 12.6 Å². The fourth-order valence-electron chi connectivity index (χ4n) is 3.73. The van der Waals surface area contributed by atoms with E-state index in [2.05, 4.69) is 31.0 Å². The summed E-state index contributed by atoms with van der Waals surface area (Å²) >= 11 is 0. The van der Waals surface area contributed by atoms with Gasteiger partial charge in [0.15, 0.2) is 0 Å². The van der Waals surface area contributed by atoms with E-state index < -0.39 is 6.61 Å². The average molecular weight is 429 g/mol. The Hall–Kier alpha value is -3.04. The second-order valence-corrected chi connectivity index (χ2v) is 7.58. The molecule has 31 heavy (non-hydrogen) atoms. The number of benzene rings is 1. The number of carbonyl (C=O) groups is 1. The smallest absolute Gasteiger partial charge is 0.387 e. The van der Waals surface area contributed by atoms with E-state index in [0.29, 0.717) is 5.69 Å². The summed E-state index contributed by atoms with van der Waals surface area (Å²) in [6.45, 7) is 3.06. The quantitative estimate of drug-likeness (QED) is 0.626. The van der Waals surface area contributed by atoms with Crippen LogP contribution in [-0.2, 0) is 11.3 Å². The summed E-state index contributed by atoms with van der Waals surface area (Å²) in [6, 6.07) is 11.6. The first-order chi connectivity index (χ1) is 15.0. The van der Waals surface area contributed by atoms with Crippen molar-refractivity contribution >= 4 is 17.2 Å². The van der Waals surface area contributed by atoms with Crippen molar-refractivity contribution in [1.29, 1.82) is 0 Å². The molecule has 3 aromatic rings. The van der Waals surface area contributed by atoms with Crippen LogP contribution in [0, 0.1) is 0 Å². The lowest BCUT2D eigenvalue weighted by molar-refractivity contribution is -0.121. The number of nitrogens with zero attached hydrogens (tertiary/aromatic N) is 4. The number of imidazole rings is 1. The molecular weight excluding hydrogens is 404 g/mol. The molecule has 7 nitrogen and oxygen atoms in total. The lowest BCUT2D eigenvalue weighted by Gasteiger charge is -2.37. The molecule has 3 heterocycles. The van der Waals surface area contributed by atoms with Crippen LogP contribution in [-0.4, -0.2) is 63.9 Å². The number of piperazine rings is 1. The highest BCUT2D eigenvalue weighted by atomic mass is 19.3. The summed E-state index contributed by atoms with van der Waals surface area (Å²) in [5, 5.41) is 2.84. The van der Waals surface area contributed by atoms with E-state index in [1.54, 1.807) is 12.1 Å². The number of pyridine rings is 1. The summed E-state index contributed by atoms with van der Waals surface area (Å²) < 4.78 is 30.8. The summed E-state index contributed by atoms with van der Waals surface area (Å²) in [5.41, 5.74) is 2.52. The first-order valence-corrected chi connectivity index (χ1v) is 10.2. The number of anilines is 1. The van der Waals surface area contributed by atoms with Gasteiger partial charge in [0.05, 0.1) is 11.7 Å². The van der Waals surface area contributed by atoms with Gasteiger partial charge >= 0.3 is 6.61 Å². The van der Waals surface area contributed by atoms with Crippen molar-refractivity contribution in [3.63, 3.8) is 0 Å². The summed E-state index contributed by atoms with van der Waals surface area (Å²) in [4.78, 5) is 21.7. The van der Waals surface area contributed by atoms with Gasteiger partial charge in [0.2, 0.25) is 5.91 Å². The Morgan fingerprint density at radius 3 is 2.55 bits per heavy atom. The predicted molar refractivity (Wildman–Crippen MR) is 113 cm³/mol. The van der Waals surface area contributed by atoms with Crippen LogP contribution in [0.3, 0.4) is 0 Å². The number of amides is 1. The third kappa shape index (κ3) is 5.36. The van der Waals surface area contributed by atoms with E-state index in [1.807, 2.05) is 35.7 Å². The number of hydrogen-bond acceptors (Lipinski definition) is 5. The molecule has 1 aromatic carbocycles. The highest BCUT2D eigenvalue weighted by Crippen LogP contribution is 2.18. The highest BCUT2D eigenvalue weighted by Gasteiger charge is 2.26. The molecule has 1 atom stereocenters. The Bertz CT molecular complexity index is 983. The van der Waals surface area contributed by atoms with E-state index in [0.717, 1.165) is 44.1 Å². The van der Waals surface area contributed by atoms with Gasteiger partial charge in [0.1, 0.15) is 11.4 Å². The van der Waals surface area contributed by atoms with Gasteiger partial charge in [0, 0.05) is 50.8 Å². The van der Waals surface area contributed by atoms with Crippen LogP contribution < -0.4 is 10.1 Å². The molecule has 2 aromatic heterocycles. The van der Waals surface area contributed by atoms with E-state index in [4.69, 9.17) is 0 Å². The molecular formula is C22H25F2N5O2. The first-order valence-electron chi connectivity index (χ1n) is 10.2. The molecule has 1 aliphatic rings. The minimum absolute atomic E-state index is 0.0581. The zero-order valence-corrected chi connectivity index (χ0v) is 17.2. The van der Waals surface area contributed by atoms with E-state index in [1.165, 1.54) is 12.1 Å². The molecule has 164 valence electrons. The Morgan fingerprint density at radius 2 is 1.87 bits per heavy atom. The predicted octanol–water partition coefficient (Wildman–Crippen LogP) is 3.08. The fraction of sp³-hybridized carbons (Fsp3) is 0.364. The van der Waals surface area contributed by atoms with Crippen LogP contribution in [0.4, 0.5) is 14.5 Å². The first kappa shape index (κ1) is 21.2. The Balaban J connectivity index is 1.26. The zero-order valence-electron chi connectivity index (χ0n) is 17.2. The Labute approximate surface area is 179 Å². The molecule has 0 radical (unpaired) electrons. The van der Waals surface area contributed by atoms with Crippen molar-refractivity contribution in [1.82, 2.24) is 19.2 Å². The second-order valence-electron chi connectivity index (χ2n) is 7.58. The van der Waals surface area contributed by atoms with Gasteiger partial charge in [-0.25, -0.2) is 4.98 Å². The molecule has 1 aliphatic heterocycles. The number of halogens is 2. The van der Waals surface area contributed by atoms with Crippen molar-refractivity contribution in [2.24, 2.45) is 0 Å². The van der Waals surface area contributed by atoms with Crippen molar-refractivity contribution in [3.05, 3.63) is 60.6 Å².